The van der Waals surface area contributed by atoms with Crippen LogP contribution in [-0.2, 0) is 0 Å². The molecule has 1 atom stereocenters. The summed E-state index contributed by atoms with van der Waals surface area (Å²) in [6.45, 7) is 3.74. The molecule has 2 nitrogen and oxygen atoms in total. The predicted molar refractivity (Wildman–Crippen MR) is 75.3 cm³/mol. The maximum atomic E-state index is 12.3. The highest BCUT2D eigenvalue weighted by atomic mass is 35.5. The van der Waals surface area contributed by atoms with Crippen LogP contribution in [0.5, 0.6) is 0 Å². The zero-order valence-electron chi connectivity index (χ0n) is 10.9. The van der Waals surface area contributed by atoms with E-state index in [2.05, 4.69) is 11.8 Å². The third kappa shape index (κ3) is 3.12. The zero-order valence-corrected chi connectivity index (χ0v) is 11.6. The molecule has 1 aromatic carbocycles. The van der Waals surface area contributed by atoms with E-state index in [1.807, 2.05) is 18.2 Å². The SMILES string of the molecule is CC[C@@H]1CCCCN1CC(=O)c1ccccc1Cl. The Balaban J connectivity index is 2.04. The van der Waals surface area contributed by atoms with E-state index in [9.17, 15) is 4.79 Å². The van der Waals surface area contributed by atoms with E-state index in [0.717, 1.165) is 13.0 Å². The van der Waals surface area contributed by atoms with Gasteiger partial charge in [-0.05, 0) is 37.9 Å². The van der Waals surface area contributed by atoms with Gasteiger partial charge in [0.15, 0.2) is 5.78 Å². The Bertz CT molecular complexity index is 419. The summed E-state index contributed by atoms with van der Waals surface area (Å²) < 4.78 is 0. The van der Waals surface area contributed by atoms with Crippen LogP contribution in [-0.4, -0.2) is 29.8 Å². The van der Waals surface area contributed by atoms with Gasteiger partial charge in [-0.15, -0.1) is 0 Å². The number of carbonyl (C=O) groups is 1. The Hall–Kier alpha value is -0.860. The monoisotopic (exact) mass is 265 g/mol. The second-order valence-corrected chi connectivity index (χ2v) is 5.34. The molecule has 0 bridgehead atoms. The molecule has 0 aliphatic carbocycles. The van der Waals surface area contributed by atoms with Crippen LogP contribution in [0.15, 0.2) is 24.3 Å². The molecule has 1 aliphatic rings. The van der Waals surface area contributed by atoms with E-state index in [0.29, 0.717) is 23.2 Å². The molecule has 0 unspecified atom stereocenters. The number of rotatable bonds is 4. The number of halogens is 1. The van der Waals surface area contributed by atoms with Crippen molar-refractivity contribution in [1.29, 1.82) is 0 Å². The highest BCUT2D eigenvalue weighted by molar-refractivity contribution is 6.34. The lowest BCUT2D eigenvalue weighted by molar-refractivity contribution is 0.0838. The number of hydrogen-bond acceptors (Lipinski definition) is 2. The molecule has 0 aromatic heterocycles. The highest BCUT2D eigenvalue weighted by Gasteiger charge is 2.23. The standard InChI is InChI=1S/C15H20ClNO/c1-2-12-7-5-6-10-17(12)11-15(18)13-8-3-4-9-14(13)16/h3-4,8-9,12H,2,5-7,10-11H2,1H3/t12-/m1/s1. The molecule has 1 saturated heterocycles. The Labute approximate surface area is 114 Å². The fourth-order valence-corrected chi connectivity index (χ4v) is 2.93. The third-order valence-corrected chi connectivity index (χ3v) is 4.07. The van der Waals surface area contributed by atoms with Crippen molar-refractivity contribution in [1.82, 2.24) is 4.90 Å². The van der Waals surface area contributed by atoms with Crippen LogP contribution >= 0.6 is 11.6 Å². The predicted octanol–water partition coefficient (Wildman–Crippen LogP) is 3.79. The Kier molecular flexibility index (Phi) is 4.79. The minimum Gasteiger partial charge on any atom is -0.293 e. The average Bonchev–Trinajstić information content (AvgIpc) is 2.39. The molecule has 0 N–H and O–H groups in total. The summed E-state index contributed by atoms with van der Waals surface area (Å²) >= 11 is 6.07. The average molecular weight is 266 g/mol. The van der Waals surface area contributed by atoms with E-state index in [-0.39, 0.29) is 5.78 Å². The van der Waals surface area contributed by atoms with E-state index < -0.39 is 0 Å². The minimum atomic E-state index is 0.140. The molecule has 1 aliphatic heterocycles. The third-order valence-electron chi connectivity index (χ3n) is 3.74. The molecular formula is C15H20ClNO. The first-order valence-corrected chi connectivity index (χ1v) is 7.12. The summed E-state index contributed by atoms with van der Waals surface area (Å²) in [6.07, 6.45) is 4.82. The van der Waals surface area contributed by atoms with Crippen molar-refractivity contribution in [3.05, 3.63) is 34.9 Å². The lowest BCUT2D eigenvalue weighted by Gasteiger charge is -2.34. The molecule has 0 spiro atoms. The first-order chi connectivity index (χ1) is 8.72. The number of benzene rings is 1. The van der Waals surface area contributed by atoms with Gasteiger partial charge >= 0.3 is 0 Å². The van der Waals surface area contributed by atoms with Crippen LogP contribution in [0.25, 0.3) is 0 Å². The second kappa shape index (κ2) is 6.35. The summed E-state index contributed by atoms with van der Waals surface area (Å²) in [7, 11) is 0. The fraction of sp³-hybridized carbons (Fsp3) is 0.533. The van der Waals surface area contributed by atoms with Crippen LogP contribution in [0, 0.1) is 0 Å². The molecule has 3 heteroatoms. The van der Waals surface area contributed by atoms with Crippen LogP contribution in [0.2, 0.25) is 5.02 Å². The van der Waals surface area contributed by atoms with E-state index >= 15 is 0 Å². The van der Waals surface area contributed by atoms with Crippen LogP contribution in [0.4, 0.5) is 0 Å². The Morgan fingerprint density at radius 2 is 2.17 bits per heavy atom. The van der Waals surface area contributed by atoms with E-state index in [1.54, 1.807) is 6.07 Å². The van der Waals surface area contributed by atoms with Crippen molar-refractivity contribution in [3.63, 3.8) is 0 Å². The molecule has 18 heavy (non-hydrogen) atoms. The van der Waals surface area contributed by atoms with Crippen molar-refractivity contribution in [2.24, 2.45) is 0 Å². The first kappa shape index (κ1) is 13.6. The van der Waals surface area contributed by atoms with Crippen LogP contribution < -0.4 is 0 Å². The van der Waals surface area contributed by atoms with Gasteiger partial charge in [-0.2, -0.15) is 0 Å². The number of likely N-dealkylation sites (tertiary alicyclic amines) is 1. The number of Topliss-reactive ketones (excluding diaryl/α,β-unsaturated/α-hetero) is 1. The van der Waals surface area contributed by atoms with E-state index in [4.69, 9.17) is 11.6 Å². The molecule has 0 saturated carbocycles. The Morgan fingerprint density at radius 3 is 2.89 bits per heavy atom. The normalized spacial score (nSPS) is 20.9. The molecule has 1 aromatic rings. The number of ketones is 1. The van der Waals surface area contributed by atoms with Gasteiger partial charge in [0.2, 0.25) is 0 Å². The van der Waals surface area contributed by atoms with Gasteiger partial charge < -0.3 is 0 Å². The van der Waals surface area contributed by atoms with E-state index in [1.165, 1.54) is 19.3 Å². The number of hydrogen-bond donors (Lipinski definition) is 0. The minimum absolute atomic E-state index is 0.140. The molecule has 2 rings (SSSR count). The van der Waals surface area contributed by atoms with Gasteiger partial charge in [-0.25, -0.2) is 0 Å². The lowest BCUT2D eigenvalue weighted by atomic mass is 9.99. The summed E-state index contributed by atoms with van der Waals surface area (Å²) in [5.74, 6) is 0.140. The largest absolute Gasteiger partial charge is 0.293 e. The number of piperidine rings is 1. The first-order valence-electron chi connectivity index (χ1n) is 6.74. The van der Waals surface area contributed by atoms with Crippen molar-refractivity contribution >= 4 is 17.4 Å². The van der Waals surface area contributed by atoms with Gasteiger partial charge in [0.25, 0.3) is 0 Å². The quantitative estimate of drug-likeness (QED) is 0.772. The topological polar surface area (TPSA) is 20.3 Å². The zero-order chi connectivity index (χ0) is 13.0. The van der Waals surface area contributed by atoms with Crippen molar-refractivity contribution < 1.29 is 4.79 Å². The maximum Gasteiger partial charge on any atom is 0.178 e. The fourth-order valence-electron chi connectivity index (χ4n) is 2.69. The molecule has 0 amide bonds. The summed E-state index contributed by atoms with van der Waals surface area (Å²) in [5, 5.41) is 0.563. The van der Waals surface area contributed by atoms with Crippen LogP contribution in [0.3, 0.4) is 0 Å². The van der Waals surface area contributed by atoms with Crippen molar-refractivity contribution in [2.75, 3.05) is 13.1 Å². The maximum absolute atomic E-state index is 12.3. The molecule has 98 valence electrons. The van der Waals surface area contributed by atoms with Gasteiger partial charge in [0, 0.05) is 11.6 Å². The summed E-state index contributed by atoms with van der Waals surface area (Å²) in [5.41, 5.74) is 0.652. The summed E-state index contributed by atoms with van der Waals surface area (Å²) in [4.78, 5) is 14.6. The van der Waals surface area contributed by atoms with Crippen LogP contribution in [0.1, 0.15) is 43.0 Å². The number of nitrogens with zero attached hydrogens (tertiary/aromatic N) is 1. The molecule has 1 fully saturated rings. The highest BCUT2D eigenvalue weighted by Crippen LogP contribution is 2.21. The summed E-state index contributed by atoms with van der Waals surface area (Å²) in [6, 6.07) is 7.88. The molecule has 1 heterocycles. The lowest BCUT2D eigenvalue weighted by Crippen LogP contribution is -2.42. The van der Waals surface area contributed by atoms with Gasteiger partial charge in [-0.3, -0.25) is 9.69 Å². The van der Waals surface area contributed by atoms with Gasteiger partial charge in [0.1, 0.15) is 0 Å². The Morgan fingerprint density at radius 1 is 1.39 bits per heavy atom. The van der Waals surface area contributed by atoms with Crippen molar-refractivity contribution in [2.45, 2.75) is 38.6 Å². The number of carbonyl (C=O) groups excluding carboxylic acids is 1. The molecular weight excluding hydrogens is 246 g/mol. The van der Waals surface area contributed by atoms with Gasteiger partial charge in [-0.1, -0.05) is 37.1 Å². The van der Waals surface area contributed by atoms with Gasteiger partial charge in [0.05, 0.1) is 11.6 Å². The molecule has 0 radical (unpaired) electrons. The smallest absolute Gasteiger partial charge is 0.178 e. The van der Waals surface area contributed by atoms with Crippen molar-refractivity contribution in [3.8, 4) is 0 Å². The second-order valence-electron chi connectivity index (χ2n) is 4.93.